The molecular formula is C19H17ClNO+. The molecule has 1 fully saturated rings. The van der Waals surface area contributed by atoms with Crippen molar-refractivity contribution in [2.75, 3.05) is 25.5 Å². The third-order valence-corrected chi connectivity index (χ3v) is 4.87. The van der Waals surface area contributed by atoms with E-state index in [4.69, 9.17) is 11.6 Å². The van der Waals surface area contributed by atoms with Crippen LogP contribution in [0.2, 0.25) is 0 Å². The second-order valence-electron chi connectivity index (χ2n) is 6.00. The number of nitrogens with zero attached hydrogens (tertiary/aromatic N) is 1. The number of halogens is 1. The van der Waals surface area contributed by atoms with Gasteiger partial charge < -0.3 is 0 Å². The van der Waals surface area contributed by atoms with Crippen LogP contribution >= 0.6 is 11.6 Å². The van der Waals surface area contributed by atoms with Crippen molar-refractivity contribution in [3.05, 3.63) is 60.2 Å². The van der Waals surface area contributed by atoms with Crippen LogP contribution in [0.3, 0.4) is 0 Å². The van der Waals surface area contributed by atoms with Crippen LogP contribution in [0, 0.1) is 0 Å². The van der Waals surface area contributed by atoms with E-state index >= 15 is 0 Å². The van der Waals surface area contributed by atoms with Crippen LogP contribution in [0.1, 0.15) is 10.4 Å². The lowest BCUT2D eigenvalue weighted by atomic mass is 9.96. The molecule has 0 saturated carbocycles. The van der Waals surface area contributed by atoms with Gasteiger partial charge in [-0.15, -0.1) is 11.6 Å². The van der Waals surface area contributed by atoms with Gasteiger partial charge in [-0.3, -0.25) is 0 Å². The van der Waals surface area contributed by atoms with Crippen molar-refractivity contribution in [2.24, 2.45) is 0 Å². The third-order valence-electron chi connectivity index (χ3n) is 4.71. The number of carbonyl (C=O) groups excluding carboxylic acids is 1. The molecular weight excluding hydrogens is 294 g/mol. The Labute approximate surface area is 134 Å². The Balaban J connectivity index is 1.98. The van der Waals surface area contributed by atoms with E-state index in [1.165, 1.54) is 5.39 Å². The summed E-state index contributed by atoms with van der Waals surface area (Å²) in [7, 11) is 0. The molecule has 1 saturated heterocycles. The Morgan fingerprint density at radius 2 is 1.59 bits per heavy atom. The number of hydrogen-bond acceptors (Lipinski definition) is 1. The highest BCUT2D eigenvalue weighted by Gasteiger charge is 2.50. The van der Waals surface area contributed by atoms with E-state index in [1.807, 2.05) is 30.3 Å². The minimum absolute atomic E-state index is 0.211. The summed E-state index contributed by atoms with van der Waals surface area (Å²) in [5.74, 6) is 0.736. The van der Waals surface area contributed by atoms with Crippen molar-refractivity contribution in [3.8, 4) is 0 Å². The van der Waals surface area contributed by atoms with E-state index in [0.29, 0.717) is 10.4 Å². The Morgan fingerprint density at radius 3 is 2.27 bits per heavy atom. The van der Waals surface area contributed by atoms with Gasteiger partial charge in [-0.1, -0.05) is 48.5 Å². The summed E-state index contributed by atoms with van der Waals surface area (Å²) in [6, 6.07) is 18.5. The third kappa shape index (κ3) is 2.03. The van der Waals surface area contributed by atoms with Gasteiger partial charge in [0.1, 0.15) is 13.1 Å². The smallest absolute Gasteiger partial charge is 0.246 e. The molecule has 2 nitrogen and oxygen atoms in total. The van der Waals surface area contributed by atoms with Crippen LogP contribution in [-0.2, 0) is 0 Å². The molecule has 0 atom stereocenters. The first-order chi connectivity index (χ1) is 10.7. The topological polar surface area (TPSA) is 17.1 Å². The maximum atomic E-state index is 13.1. The molecule has 1 aliphatic heterocycles. The molecule has 3 aromatic carbocycles. The van der Waals surface area contributed by atoms with Gasteiger partial charge in [0.2, 0.25) is 0 Å². The highest BCUT2D eigenvalue weighted by molar-refractivity contribution is 6.18. The molecule has 4 rings (SSSR count). The second kappa shape index (κ2) is 5.08. The molecule has 1 aliphatic rings. The number of alkyl halides is 1. The van der Waals surface area contributed by atoms with Gasteiger partial charge in [0, 0.05) is 0 Å². The van der Waals surface area contributed by atoms with Crippen LogP contribution in [0.15, 0.2) is 54.6 Å². The fraction of sp³-hybridized carbons (Fsp3) is 0.211. The molecule has 0 spiro atoms. The van der Waals surface area contributed by atoms with E-state index < -0.39 is 0 Å². The summed E-state index contributed by atoms with van der Waals surface area (Å²) >= 11 is 5.90. The molecule has 0 aromatic heterocycles. The quantitative estimate of drug-likeness (QED) is 0.307. The normalized spacial score (nSPS) is 16.0. The Morgan fingerprint density at radius 1 is 0.955 bits per heavy atom. The fourth-order valence-electron chi connectivity index (χ4n) is 3.30. The maximum Gasteiger partial charge on any atom is 0.346 e. The number of quaternary nitrogens is 1. The standard InChI is InChI=1S/C19H17ClNO/c20-9-10-21(11-12-21)19(22)18-13-14-5-1-2-6-15(14)16-7-3-4-8-17(16)18/h1-8,13H,9-12H2/q+1. The number of amides is 1. The van der Waals surface area contributed by atoms with Crippen LogP contribution in [-0.4, -0.2) is 35.9 Å². The first kappa shape index (κ1) is 13.7. The van der Waals surface area contributed by atoms with E-state index in [9.17, 15) is 4.79 Å². The van der Waals surface area contributed by atoms with Crippen molar-refractivity contribution < 1.29 is 9.28 Å². The zero-order valence-corrected chi connectivity index (χ0v) is 13.0. The zero-order valence-electron chi connectivity index (χ0n) is 12.3. The molecule has 110 valence electrons. The van der Waals surface area contributed by atoms with Gasteiger partial charge in [0.25, 0.3) is 0 Å². The lowest BCUT2D eigenvalue weighted by Crippen LogP contribution is -2.35. The first-order valence-corrected chi connectivity index (χ1v) is 8.16. The van der Waals surface area contributed by atoms with Crippen LogP contribution < -0.4 is 0 Å². The number of rotatable bonds is 3. The minimum atomic E-state index is 0.211. The molecule has 0 bridgehead atoms. The molecule has 1 heterocycles. The fourth-order valence-corrected chi connectivity index (χ4v) is 3.62. The monoisotopic (exact) mass is 310 g/mol. The Hall–Kier alpha value is -1.90. The van der Waals surface area contributed by atoms with Gasteiger partial charge in [-0.25, -0.2) is 9.28 Å². The van der Waals surface area contributed by atoms with Gasteiger partial charge in [0.05, 0.1) is 18.0 Å². The molecule has 22 heavy (non-hydrogen) atoms. The molecule has 0 radical (unpaired) electrons. The number of carbonyl (C=O) groups is 1. The number of fused-ring (bicyclic) bond motifs is 3. The minimum Gasteiger partial charge on any atom is -0.246 e. The summed E-state index contributed by atoms with van der Waals surface area (Å²) in [5.41, 5.74) is 0.830. The predicted molar refractivity (Wildman–Crippen MR) is 91.4 cm³/mol. The average Bonchev–Trinajstić information content (AvgIpc) is 3.35. The van der Waals surface area contributed by atoms with Crippen molar-refractivity contribution in [1.29, 1.82) is 0 Å². The van der Waals surface area contributed by atoms with Gasteiger partial charge in [-0.05, 0) is 27.6 Å². The van der Waals surface area contributed by atoms with Gasteiger partial charge in [0.15, 0.2) is 0 Å². The molecule has 1 amide bonds. The summed E-state index contributed by atoms with van der Waals surface area (Å²) in [5, 5.41) is 4.51. The lowest BCUT2D eigenvalue weighted by molar-refractivity contribution is -0.707. The molecule has 0 unspecified atom stereocenters. The number of hydrogen-bond donors (Lipinski definition) is 0. The Kier molecular flexibility index (Phi) is 3.17. The Bertz CT molecular complexity index is 883. The zero-order chi connectivity index (χ0) is 15.2. The van der Waals surface area contributed by atoms with Crippen LogP contribution in [0.25, 0.3) is 21.5 Å². The molecule has 0 aliphatic carbocycles. The average molecular weight is 311 g/mol. The first-order valence-electron chi connectivity index (χ1n) is 7.63. The van der Waals surface area contributed by atoms with Crippen molar-refractivity contribution in [3.63, 3.8) is 0 Å². The van der Waals surface area contributed by atoms with E-state index in [1.54, 1.807) is 0 Å². The van der Waals surface area contributed by atoms with E-state index in [0.717, 1.165) is 41.4 Å². The summed E-state index contributed by atoms with van der Waals surface area (Å²) in [4.78, 5) is 13.1. The SMILES string of the molecule is O=C(c1cc2ccccc2c2ccccc12)[N+]1(CCCl)CC1. The van der Waals surface area contributed by atoms with Gasteiger partial charge in [-0.2, -0.15) is 0 Å². The van der Waals surface area contributed by atoms with Gasteiger partial charge >= 0.3 is 5.91 Å². The van der Waals surface area contributed by atoms with Crippen LogP contribution in [0.5, 0.6) is 0 Å². The predicted octanol–water partition coefficient (Wildman–Crippen LogP) is 4.20. The van der Waals surface area contributed by atoms with E-state index in [2.05, 4.69) is 24.3 Å². The highest BCUT2D eigenvalue weighted by atomic mass is 35.5. The molecule has 0 N–H and O–H groups in total. The van der Waals surface area contributed by atoms with Crippen molar-refractivity contribution in [2.45, 2.75) is 0 Å². The molecule has 3 aromatic rings. The maximum absolute atomic E-state index is 13.1. The summed E-state index contributed by atoms with van der Waals surface area (Å²) in [6.07, 6.45) is 0. The lowest BCUT2D eigenvalue weighted by Gasteiger charge is -2.16. The van der Waals surface area contributed by atoms with E-state index in [-0.39, 0.29) is 5.91 Å². The highest BCUT2D eigenvalue weighted by Crippen LogP contribution is 2.33. The largest absolute Gasteiger partial charge is 0.346 e. The van der Waals surface area contributed by atoms with Crippen molar-refractivity contribution >= 4 is 39.1 Å². The molecule has 3 heteroatoms. The summed E-state index contributed by atoms with van der Waals surface area (Å²) < 4.78 is 0.506. The van der Waals surface area contributed by atoms with Crippen LogP contribution in [0.4, 0.5) is 0 Å². The van der Waals surface area contributed by atoms with Crippen molar-refractivity contribution in [1.82, 2.24) is 0 Å². The second-order valence-corrected chi connectivity index (χ2v) is 6.38. The summed E-state index contributed by atoms with van der Waals surface area (Å²) in [6.45, 7) is 2.54. The number of benzene rings is 3.